The molecule has 2 heterocycles. The highest BCUT2D eigenvalue weighted by Gasteiger charge is 2.37. The van der Waals surface area contributed by atoms with Crippen molar-refractivity contribution in [1.82, 2.24) is 0 Å². The Morgan fingerprint density at radius 3 is 2.60 bits per heavy atom. The lowest BCUT2D eigenvalue weighted by Crippen LogP contribution is -2.26. The summed E-state index contributed by atoms with van der Waals surface area (Å²) < 4.78 is 22.9. The second-order valence-electron chi connectivity index (χ2n) is 6.59. The van der Waals surface area contributed by atoms with Crippen molar-refractivity contribution >= 4 is 11.0 Å². The van der Waals surface area contributed by atoms with Crippen LogP contribution >= 0.6 is 0 Å². The van der Waals surface area contributed by atoms with Crippen molar-refractivity contribution in [3.63, 3.8) is 0 Å². The van der Waals surface area contributed by atoms with Crippen LogP contribution in [-0.2, 0) is 0 Å². The summed E-state index contributed by atoms with van der Waals surface area (Å²) in [6, 6.07) is 14.5. The summed E-state index contributed by atoms with van der Waals surface area (Å²) in [5, 5.41) is 10.4. The number of nitrogens with two attached hydrogens (primary N) is 1. The first kappa shape index (κ1) is 19.4. The molecular weight excluding hydrogens is 384 g/mol. The quantitative estimate of drug-likeness (QED) is 0.644. The molecule has 1 aromatic heterocycles. The highest BCUT2D eigenvalue weighted by molar-refractivity contribution is 5.86. The Balaban J connectivity index is 2.06. The van der Waals surface area contributed by atoms with E-state index < -0.39 is 11.5 Å². The van der Waals surface area contributed by atoms with Crippen molar-refractivity contribution in [2.45, 2.75) is 19.8 Å². The molecule has 1 atom stereocenters. The van der Waals surface area contributed by atoms with E-state index in [9.17, 15) is 10.1 Å². The van der Waals surface area contributed by atoms with Gasteiger partial charge in [0.05, 0.1) is 30.1 Å². The molecule has 1 aliphatic rings. The normalized spacial score (nSPS) is 15.3. The Hall–Kier alpha value is -3.92. The van der Waals surface area contributed by atoms with E-state index in [1.165, 1.54) is 0 Å². The number of para-hydroxylation sites is 2. The molecule has 0 bridgehead atoms. The van der Waals surface area contributed by atoms with Crippen LogP contribution in [0.2, 0.25) is 0 Å². The Bertz CT molecular complexity index is 1250. The van der Waals surface area contributed by atoms with E-state index in [0.29, 0.717) is 41.2 Å². The topological polar surface area (TPSA) is 108 Å². The van der Waals surface area contributed by atoms with E-state index in [1.54, 1.807) is 36.4 Å². The second-order valence-corrected chi connectivity index (χ2v) is 6.59. The zero-order valence-corrected chi connectivity index (χ0v) is 16.6. The summed E-state index contributed by atoms with van der Waals surface area (Å²) in [4.78, 5) is 13.0. The van der Waals surface area contributed by atoms with Crippen molar-refractivity contribution in [3.05, 3.63) is 75.5 Å². The van der Waals surface area contributed by atoms with E-state index in [1.807, 2.05) is 19.9 Å². The minimum Gasteiger partial charge on any atom is -0.490 e. The average Bonchev–Trinajstić information content (AvgIpc) is 2.74. The van der Waals surface area contributed by atoms with Gasteiger partial charge in [0, 0.05) is 5.56 Å². The molecule has 4 rings (SSSR count). The fraction of sp³-hybridized carbons (Fsp3) is 0.217. The van der Waals surface area contributed by atoms with Crippen molar-refractivity contribution in [1.29, 1.82) is 5.26 Å². The van der Waals surface area contributed by atoms with E-state index in [4.69, 9.17) is 24.4 Å². The highest BCUT2D eigenvalue weighted by atomic mass is 16.5. The van der Waals surface area contributed by atoms with Gasteiger partial charge >= 0.3 is 5.63 Å². The third-order valence-corrected chi connectivity index (χ3v) is 4.88. The SMILES string of the molecule is CCOc1cccc(C2C(C#N)=C(N)Oc3c2c(=O)oc2ccccc32)c1OCC. The predicted molar refractivity (Wildman–Crippen MR) is 111 cm³/mol. The van der Waals surface area contributed by atoms with Crippen LogP contribution < -0.4 is 25.6 Å². The molecule has 0 aliphatic carbocycles. The summed E-state index contributed by atoms with van der Waals surface area (Å²) in [6.45, 7) is 4.53. The smallest absolute Gasteiger partial charge is 0.344 e. The van der Waals surface area contributed by atoms with Crippen LogP contribution in [0.3, 0.4) is 0 Å². The van der Waals surface area contributed by atoms with Crippen molar-refractivity contribution in [3.8, 4) is 23.3 Å². The van der Waals surface area contributed by atoms with Gasteiger partial charge in [-0.05, 0) is 32.0 Å². The fourth-order valence-corrected chi connectivity index (χ4v) is 3.71. The van der Waals surface area contributed by atoms with Gasteiger partial charge in [0.25, 0.3) is 0 Å². The molecule has 7 nitrogen and oxygen atoms in total. The van der Waals surface area contributed by atoms with E-state index in [-0.39, 0.29) is 22.8 Å². The van der Waals surface area contributed by atoms with Crippen LogP contribution in [0.25, 0.3) is 11.0 Å². The van der Waals surface area contributed by atoms with Gasteiger partial charge in [-0.15, -0.1) is 0 Å². The van der Waals surface area contributed by atoms with Gasteiger partial charge < -0.3 is 24.4 Å². The number of hydrogen-bond acceptors (Lipinski definition) is 7. The van der Waals surface area contributed by atoms with Gasteiger partial charge in [-0.2, -0.15) is 5.26 Å². The summed E-state index contributed by atoms with van der Waals surface area (Å²) in [5.41, 5.74) is 6.79. The molecule has 0 saturated heterocycles. The monoisotopic (exact) mass is 404 g/mol. The number of benzene rings is 2. The van der Waals surface area contributed by atoms with Crippen LogP contribution in [0.15, 0.2) is 63.1 Å². The number of nitriles is 1. The summed E-state index contributed by atoms with van der Waals surface area (Å²) in [6.07, 6.45) is 0. The molecule has 0 amide bonds. The van der Waals surface area contributed by atoms with E-state index >= 15 is 0 Å². The summed E-state index contributed by atoms with van der Waals surface area (Å²) in [5.74, 6) is 0.378. The van der Waals surface area contributed by atoms with Gasteiger partial charge in [0.2, 0.25) is 5.88 Å². The largest absolute Gasteiger partial charge is 0.490 e. The molecular formula is C23H20N2O5. The minimum absolute atomic E-state index is 0.0602. The number of fused-ring (bicyclic) bond motifs is 3. The van der Waals surface area contributed by atoms with Crippen LogP contribution in [0, 0.1) is 11.3 Å². The summed E-state index contributed by atoms with van der Waals surface area (Å²) >= 11 is 0. The van der Waals surface area contributed by atoms with E-state index in [0.717, 1.165) is 0 Å². The van der Waals surface area contributed by atoms with E-state index in [2.05, 4.69) is 6.07 Å². The van der Waals surface area contributed by atoms with Gasteiger partial charge in [-0.1, -0.05) is 24.3 Å². The zero-order valence-electron chi connectivity index (χ0n) is 16.6. The van der Waals surface area contributed by atoms with Gasteiger partial charge in [0.1, 0.15) is 17.2 Å². The number of ether oxygens (including phenoxy) is 3. The third kappa shape index (κ3) is 3.03. The Kier molecular flexibility index (Phi) is 5.07. The summed E-state index contributed by atoms with van der Waals surface area (Å²) in [7, 11) is 0. The highest BCUT2D eigenvalue weighted by Crippen LogP contribution is 2.47. The Morgan fingerprint density at radius 1 is 1.10 bits per heavy atom. The van der Waals surface area contributed by atoms with Crippen LogP contribution in [-0.4, -0.2) is 13.2 Å². The van der Waals surface area contributed by atoms with Gasteiger partial charge in [-0.25, -0.2) is 4.79 Å². The van der Waals surface area contributed by atoms with Gasteiger partial charge in [0.15, 0.2) is 17.2 Å². The first-order valence-electron chi connectivity index (χ1n) is 9.62. The maximum Gasteiger partial charge on any atom is 0.344 e. The fourth-order valence-electron chi connectivity index (χ4n) is 3.71. The molecule has 30 heavy (non-hydrogen) atoms. The predicted octanol–water partition coefficient (Wildman–Crippen LogP) is 3.81. The third-order valence-electron chi connectivity index (χ3n) is 4.88. The Morgan fingerprint density at radius 2 is 1.87 bits per heavy atom. The molecule has 7 heteroatoms. The van der Waals surface area contributed by atoms with Crippen molar-refractivity contribution in [2.75, 3.05) is 13.2 Å². The van der Waals surface area contributed by atoms with Crippen LogP contribution in [0.5, 0.6) is 17.2 Å². The number of hydrogen-bond donors (Lipinski definition) is 1. The molecule has 1 aliphatic heterocycles. The lowest BCUT2D eigenvalue weighted by atomic mass is 9.83. The standard InChI is InChI=1S/C23H20N2O5/c1-3-27-17-11-7-9-14(20(17)28-4-2)18-15(12-24)22(25)30-21-13-8-5-6-10-16(13)29-23(26)19(18)21/h5-11,18H,3-4,25H2,1-2H3. The maximum atomic E-state index is 13.0. The number of nitrogens with zero attached hydrogens (tertiary/aromatic N) is 1. The Labute approximate surface area is 172 Å². The molecule has 0 fully saturated rings. The lowest BCUT2D eigenvalue weighted by Gasteiger charge is -2.27. The molecule has 3 aromatic rings. The maximum absolute atomic E-state index is 13.0. The lowest BCUT2D eigenvalue weighted by molar-refractivity contribution is 0.284. The van der Waals surface area contributed by atoms with Crippen molar-refractivity contribution < 1.29 is 18.6 Å². The number of rotatable bonds is 5. The molecule has 152 valence electrons. The van der Waals surface area contributed by atoms with Crippen LogP contribution in [0.1, 0.15) is 30.9 Å². The minimum atomic E-state index is -0.818. The molecule has 2 aromatic carbocycles. The molecule has 0 spiro atoms. The average molecular weight is 404 g/mol. The molecule has 0 radical (unpaired) electrons. The zero-order chi connectivity index (χ0) is 21.3. The van der Waals surface area contributed by atoms with Crippen molar-refractivity contribution in [2.24, 2.45) is 5.73 Å². The molecule has 1 unspecified atom stereocenters. The molecule has 2 N–H and O–H groups in total. The first-order valence-corrected chi connectivity index (χ1v) is 9.62. The second kappa shape index (κ2) is 7.84. The molecule has 0 saturated carbocycles. The van der Waals surface area contributed by atoms with Crippen LogP contribution in [0.4, 0.5) is 0 Å². The first-order chi connectivity index (χ1) is 14.6. The van der Waals surface area contributed by atoms with Gasteiger partial charge in [-0.3, -0.25) is 0 Å². The number of allylic oxidation sites excluding steroid dienone is 1.